The van der Waals surface area contributed by atoms with Crippen molar-refractivity contribution in [2.24, 2.45) is 0 Å². The topological polar surface area (TPSA) is 99.9 Å². The Balaban J connectivity index is 1.60. The number of amides is 1. The summed E-state index contributed by atoms with van der Waals surface area (Å²) in [6.45, 7) is 3.43. The van der Waals surface area contributed by atoms with E-state index in [1.54, 1.807) is 25.1 Å². The highest BCUT2D eigenvalue weighted by molar-refractivity contribution is 5.78. The smallest absolute Gasteiger partial charge is 0.311 e. The lowest BCUT2D eigenvalue weighted by Gasteiger charge is -2.15. The van der Waals surface area contributed by atoms with Crippen molar-refractivity contribution in [3.63, 3.8) is 0 Å². The second kappa shape index (κ2) is 7.30. The molecule has 1 atom stereocenters. The molecule has 1 amide bonds. The van der Waals surface area contributed by atoms with E-state index in [1.165, 1.54) is 12.1 Å². The SMILES string of the molecule is Cc1ccc(OCC(=O)N[C@@H](C)c2ccc3c(c2)OCO3)c([N+](=O)[O-])c1. The van der Waals surface area contributed by atoms with Crippen LogP contribution in [0.1, 0.15) is 24.1 Å². The van der Waals surface area contributed by atoms with E-state index in [1.807, 2.05) is 13.0 Å². The van der Waals surface area contributed by atoms with Crippen molar-refractivity contribution < 1.29 is 23.9 Å². The van der Waals surface area contributed by atoms with Crippen molar-refractivity contribution >= 4 is 11.6 Å². The van der Waals surface area contributed by atoms with Gasteiger partial charge in [-0.05, 0) is 43.2 Å². The van der Waals surface area contributed by atoms with Gasteiger partial charge < -0.3 is 19.5 Å². The zero-order chi connectivity index (χ0) is 18.7. The van der Waals surface area contributed by atoms with E-state index in [0.29, 0.717) is 11.5 Å². The summed E-state index contributed by atoms with van der Waals surface area (Å²) in [6, 6.07) is 9.73. The fourth-order valence-corrected chi connectivity index (χ4v) is 2.58. The first-order valence-electron chi connectivity index (χ1n) is 8.01. The Bertz CT molecular complexity index is 852. The van der Waals surface area contributed by atoms with Crippen LogP contribution in [0.3, 0.4) is 0 Å². The minimum Gasteiger partial charge on any atom is -0.477 e. The summed E-state index contributed by atoms with van der Waals surface area (Å²) in [6.07, 6.45) is 0. The van der Waals surface area contributed by atoms with E-state index in [0.717, 1.165) is 11.1 Å². The number of nitrogens with zero attached hydrogens (tertiary/aromatic N) is 1. The summed E-state index contributed by atoms with van der Waals surface area (Å²) >= 11 is 0. The number of carbonyl (C=O) groups is 1. The van der Waals surface area contributed by atoms with Crippen molar-refractivity contribution in [1.29, 1.82) is 0 Å². The van der Waals surface area contributed by atoms with Crippen LogP contribution in [0, 0.1) is 17.0 Å². The van der Waals surface area contributed by atoms with Gasteiger partial charge in [-0.2, -0.15) is 0 Å². The number of fused-ring (bicyclic) bond motifs is 1. The molecule has 0 spiro atoms. The highest BCUT2D eigenvalue weighted by Crippen LogP contribution is 2.34. The van der Waals surface area contributed by atoms with Gasteiger partial charge >= 0.3 is 5.69 Å². The average molecular weight is 358 g/mol. The van der Waals surface area contributed by atoms with Gasteiger partial charge in [0.05, 0.1) is 11.0 Å². The van der Waals surface area contributed by atoms with Gasteiger partial charge in [0.25, 0.3) is 5.91 Å². The summed E-state index contributed by atoms with van der Waals surface area (Å²) in [5.74, 6) is 0.981. The van der Waals surface area contributed by atoms with Crippen LogP contribution in [0.2, 0.25) is 0 Å². The van der Waals surface area contributed by atoms with E-state index < -0.39 is 4.92 Å². The summed E-state index contributed by atoms with van der Waals surface area (Å²) < 4.78 is 15.9. The van der Waals surface area contributed by atoms with E-state index >= 15 is 0 Å². The molecular formula is C18H18N2O6. The summed E-state index contributed by atoms with van der Waals surface area (Å²) in [4.78, 5) is 22.7. The maximum absolute atomic E-state index is 12.1. The zero-order valence-electron chi connectivity index (χ0n) is 14.4. The van der Waals surface area contributed by atoms with Gasteiger partial charge in [0.1, 0.15) is 0 Å². The molecule has 26 heavy (non-hydrogen) atoms. The number of carbonyl (C=O) groups excluding carboxylic acids is 1. The van der Waals surface area contributed by atoms with Gasteiger partial charge in [0, 0.05) is 6.07 Å². The molecule has 0 bridgehead atoms. The van der Waals surface area contributed by atoms with E-state index in [4.69, 9.17) is 14.2 Å². The van der Waals surface area contributed by atoms with E-state index in [9.17, 15) is 14.9 Å². The lowest BCUT2D eigenvalue weighted by Crippen LogP contribution is -2.31. The Labute approximate surface area is 149 Å². The van der Waals surface area contributed by atoms with E-state index in [-0.39, 0.29) is 36.8 Å². The molecule has 0 saturated carbocycles. The van der Waals surface area contributed by atoms with Crippen LogP contribution in [0.5, 0.6) is 17.2 Å². The summed E-state index contributed by atoms with van der Waals surface area (Å²) in [5, 5.41) is 13.9. The molecule has 8 nitrogen and oxygen atoms in total. The molecule has 0 unspecified atom stereocenters. The Hall–Kier alpha value is -3.29. The molecule has 3 rings (SSSR count). The molecule has 1 aliphatic heterocycles. The van der Waals surface area contributed by atoms with Gasteiger partial charge in [0.15, 0.2) is 23.9 Å². The van der Waals surface area contributed by atoms with Crippen molar-refractivity contribution in [2.75, 3.05) is 13.4 Å². The van der Waals surface area contributed by atoms with Gasteiger partial charge in [-0.3, -0.25) is 14.9 Å². The molecule has 1 N–H and O–H groups in total. The number of nitrogens with one attached hydrogen (secondary N) is 1. The highest BCUT2D eigenvalue weighted by Gasteiger charge is 2.19. The Morgan fingerprint density at radius 2 is 2.04 bits per heavy atom. The maximum Gasteiger partial charge on any atom is 0.311 e. The van der Waals surface area contributed by atoms with E-state index in [2.05, 4.69) is 5.32 Å². The third-order valence-electron chi connectivity index (χ3n) is 3.94. The van der Waals surface area contributed by atoms with Crippen LogP contribution >= 0.6 is 0 Å². The van der Waals surface area contributed by atoms with Crippen LogP contribution in [0.4, 0.5) is 5.69 Å². The fourth-order valence-electron chi connectivity index (χ4n) is 2.58. The number of benzene rings is 2. The van der Waals surface area contributed by atoms with Gasteiger partial charge in [0.2, 0.25) is 6.79 Å². The summed E-state index contributed by atoms with van der Waals surface area (Å²) in [5.41, 5.74) is 1.43. The second-order valence-electron chi connectivity index (χ2n) is 5.92. The van der Waals surface area contributed by atoms with Gasteiger partial charge in [-0.1, -0.05) is 12.1 Å². The summed E-state index contributed by atoms with van der Waals surface area (Å²) in [7, 11) is 0. The number of aryl methyl sites for hydroxylation is 1. The third kappa shape index (κ3) is 3.85. The molecule has 0 aromatic heterocycles. The molecule has 0 saturated heterocycles. The van der Waals surface area contributed by atoms with Crippen LogP contribution in [0.25, 0.3) is 0 Å². The van der Waals surface area contributed by atoms with Crippen molar-refractivity contribution in [1.82, 2.24) is 5.32 Å². The molecule has 0 aliphatic carbocycles. The Morgan fingerprint density at radius 3 is 2.81 bits per heavy atom. The number of rotatable bonds is 6. The standard InChI is InChI=1S/C18H18N2O6/c1-11-3-5-15(14(7-11)20(22)23)24-9-18(21)19-12(2)13-4-6-16-17(8-13)26-10-25-16/h3-8,12H,9-10H2,1-2H3,(H,19,21)/t12-/m0/s1. The first-order chi connectivity index (χ1) is 12.4. The number of ether oxygens (including phenoxy) is 3. The molecule has 1 heterocycles. The molecule has 1 aliphatic rings. The quantitative estimate of drug-likeness (QED) is 0.629. The highest BCUT2D eigenvalue weighted by atomic mass is 16.7. The van der Waals surface area contributed by atoms with Crippen molar-refractivity contribution in [2.45, 2.75) is 19.9 Å². The first kappa shape index (κ1) is 17.5. The minimum atomic E-state index is -0.532. The first-order valence-corrected chi connectivity index (χ1v) is 8.01. The fraction of sp³-hybridized carbons (Fsp3) is 0.278. The van der Waals surface area contributed by atoms with Crippen LogP contribution in [-0.4, -0.2) is 24.2 Å². The van der Waals surface area contributed by atoms with Crippen LogP contribution in [0.15, 0.2) is 36.4 Å². The predicted molar refractivity (Wildman–Crippen MR) is 92.5 cm³/mol. The number of hydrogen-bond acceptors (Lipinski definition) is 6. The van der Waals surface area contributed by atoms with Gasteiger partial charge in [-0.15, -0.1) is 0 Å². The monoisotopic (exact) mass is 358 g/mol. The number of nitro benzene ring substituents is 1. The normalized spacial score (nSPS) is 13.2. The van der Waals surface area contributed by atoms with Crippen molar-refractivity contribution in [3.05, 3.63) is 57.6 Å². The largest absolute Gasteiger partial charge is 0.477 e. The molecular weight excluding hydrogens is 340 g/mol. The Kier molecular flexibility index (Phi) is 4.92. The van der Waals surface area contributed by atoms with Crippen molar-refractivity contribution in [3.8, 4) is 17.2 Å². The zero-order valence-corrected chi connectivity index (χ0v) is 14.4. The molecule has 2 aromatic carbocycles. The number of hydrogen-bond donors (Lipinski definition) is 1. The second-order valence-corrected chi connectivity index (χ2v) is 5.92. The van der Waals surface area contributed by atoms with Gasteiger partial charge in [-0.25, -0.2) is 0 Å². The average Bonchev–Trinajstić information content (AvgIpc) is 3.08. The molecule has 2 aromatic rings. The predicted octanol–water partition coefficient (Wildman–Crippen LogP) is 2.89. The number of nitro groups is 1. The minimum absolute atomic E-state index is 0.0616. The van der Waals surface area contributed by atoms with Crippen LogP contribution in [-0.2, 0) is 4.79 Å². The molecule has 0 fully saturated rings. The third-order valence-corrected chi connectivity index (χ3v) is 3.94. The maximum atomic E-state index is 12.1. The lowest BCUT2D eigenvalue weighted by molar-refractivity contribution is -0.385. The van der Waals surface area contributed by atoms with Crippen LogP contribution < -0.4 is 19.5 Å². The molecule has 0 radical (unpaired) electrons. The lowest BCUT2D eigenvalue weighted by atomic mass is 10.1. The molecule has 8 heteroatoms. The Morgan fingerprint density at radius 1 is 1.27 bits per heavy atom. The molecule has 136 valence electrons.